The van der Waals surface area contributed by atoms with E-state index in [-0.39, 0.29) is 27.8 Å². The first-order valence-corrected chi connectivity index (χ1v) is 19.0. The number of nitrogens with one attached hydrogen (secondary N) is 2. The predicted molar refractivity (Wildman–Crippen MR) is 177 cm³/mol. The third-order valence-corrected chi connectivity index (χ3v) is 11.3. The van der Waals surface area contributed by atoms with Crippen molar-refractivity contribution in [2.24, 2.45) is 11.5 Å². The molecule has 0 saturated heterocycles. The van der Waals surface area contributed by atoms with Crippen LogP contribution in [0.3, 0.4) is 0 Å². The topological polar surface area (TPSA) is 248 Å². The van der Waals surface area contributed by atoms with Gasteiger partial charge in [-0.05, 0) is 66.6 Å². The van der Waals surface area contributed by atoms with Gasteiger partial charge >= 0.3 is 24.3 Å². The van der Waals surface area contributed by atoms with Gasteiger partial charge in [0.1, 0.15) is 15.7 Å². The lowest BCUT2D eigenvalue weighted by Gasteiger charge is -2.14. The van der Waals surface area contributed by atoms with Crippen LogP contribution in [0, 0.1) is 12.3 Å². The van der Waals surface area contributed by atoms with E-state index in [1.54, 1.807) is 42.7 Å². The summed E-state index contributed by atoms with van der Waals surface area (Å²) in [5, 5.41) is 24.6. The second kappa shape index (κ2) is 17.8. The van der Waals surface area contributed by atoms with Crippen LogP contribution in [0.1, 0.15) is 16.9 Å². The molecule has 51 heavy (non-hydrogen) atoms. The highest BCUT2D eigenvalue weighted by Gasteiger charge is 2.39. The molecule has 1 heterocycles. The van der Waals surface area contributed by atoms with E-state index in [1.807, 2.05) is 6.92 Å². The molecule has 282 valence electrons. The number of sulfone groups is 2. The summed E-state index contributed by atoms with van der Waals surface area (Å²) in [7, 11) is -7.09. The van der Waals surface area contributed by atoms with Gasteiger partial charge in [0.05, 0.1) is 30.7 Å². The van der Waals surface area contributed by atoms with Crippen molar-refractivity contribution in [1.82, 2.24) is 0 Å². The van der Waals surface area contributed by atoms with Crippen LogP contribution >= 0.6 is 23.1 Å². The monoisotopic (exact) mass is 808 g/mol. The molecule has 8 N–H and O–H groups in total. The van der Waals surface area contributed by atoms with Gasteiger partial charge in [0.25, 0.3) is 0 Å². The van der Waals surface area contributed by atoms with Crippen molar-refractivity contribution in [3.8, 4) is 11.1 Å². The Labute approximate surface area is 295 Å². The van der Waals surface area contributed by atoms with Crippen molar-refractivity contribution in [3.05, 3.63) is 59.0 Å². The maximum atomic E-state index is 13.5. The number of amides is 1. The van der Waals surface area contributed by atoms with E-state index >= 15 is 0 Å². The maximum absolute atomic E-state index is 13.5. The summed E-state index contributed by atoms with van der Waals surface area (Å²) >= 11 is 2.45. The van der Waals surface area contributed by atoms with Crippen molar-refractivity contribution in [3.63, 3.8) is 0 Å². The van der Waals surface area contributed by atoms with Crippen LogP contribution in [-0.4, -0.2) is 87.4 Å². The minimum absolute atomic E-state index is 0.0132. The molecule has 0 bridgehead atoms. The maximum Gasteiger partial charge on any atom is 0.490 e. The van der Waals surface area contributed by atoms with Gasteiger partial charge < -0.3 is 27.0 Å². The Morgan fingerprint density at radius 3 is 1.92 bits per heavy atom. The molecule has 1 amide bonds. The molecule has 1 aromatic heterocycles. The Morgan fingerprint density at radius 2 is 1.49 bits per heavy atom. The van der Waals surface area contributed by atoms with E-state index in [1.165, 1.54) is 35.2 Å². The van der Waals surface area contributed by atoms with Crippen LogP contribution in [0.2, 0.25) is 0 Å². The molecule has 13 nitrogen and oxygen atoms in total. The van der Waals surface area contributed by atoms with Crippen LogP contribution in [0.25, 0.3) is 11.1 Å². The summed E-state index contributed by atoms with van der Waals surface area (Å²) < 4.78 is 114. The molecular weight excluding hydrogens is 779 g/mol. The summed E-state index contributed by atoms with van der Waals surface area (Å²) in [5.41, 5.74) is 14.1. The van der Waals surface area contributed by atoms with Crippen LogP contribution < -0.4 is 16.8 Å². The number of carboxylic acids is 2. The number of carbonyl (C=O) groups excluding carboxylic acids is 1. The smallest absolute Gasteiger partial charge is 0.475 e. The van der Waals surface area contributed by atoms with Gasteiger partial charge in [-0.1, -0.05) is 18.2 Å². The predicted octanol–water partition coefficient (Wildman–Crippen LogP) is 4.53. The number of hydrogen-bond donors (Lipinski definition) is 6. The Balaban J connectivity index is 0.000000780. The molecule has 0 spiro atoms. The van der Waals surface area contributed by atoms with Gasteiger partial charge in [-0.2, -0.15) is 26.3 Å². The number of hydrogen-bond acceptors (Lipinski definition) is 11. The summed E-state index contributed by atoms with van der Waals surface area (Å²) in [6.07, 6.45) is -7.29. The quantitative estimate of drug-likeness (QED) is 0.0716. The number of thiophene rings is 1. The number of halogens is 6. The average molecular weight is 809 g/mol. The number of carbonyl (C=O) groups is 3. The van der Waals surface area contributed by atoms with E-state index in [2.05, 4.69) is 5.32 Å². The van der Waals surface area contributed by atoms with Crippen molar-refractivity contribution in [2.75, 3.05) is 23.6 Å². The number of rotatable bonds is 10. The lowest BCUT2D eigenvalue weighted by molar-refractivity contribution is -0.193. The molecular formula is C28H30F6N4O9S4. The molecule has 2 aromatic carbocycles. The first kappa shape index (κ1) is 44.8. The SMILES string of the molecule is CSc1sc(C(=N)N)cc1S(=O)(=O)c1cccc(-c2ccc(NC(=O)C(N)CCS(C)(=O)=O)cc2C)c1.O=C(O)C(F)(F)F.O=C(O)C(F)(F)F. The minimum atomic E-state index is -5.08. The Morgan fingerprint density at radius 1 is 0.961 bits per heavy atom. The van der Waals surface area contributed by atoms with Crippen molar-refractivity contribution < 1.29 is 67.8 Å². The molecule has 3 rings (SSSR count). The first-order valence-electron chi connectivity index (χ1n) is 13.4. The van der Waals surface area contributed by atoms with E-state index in [4.69, 9.17) is 36.7 Å². The van der Waals surface area contributed by atoms with E-state index in [9.17, 15) is 48.0 Å². The Bertz CT molecular complexity index is 1960. The van der Waals surface area contributed by atoms with Gasteiger partial charge in [0.15, 0.2) is 0 Å². The minimum Gasteiger partial charge on any atom is -0.475 e. The van der Waals surface area contributed by atoms with Gasteiger partial charge in [0.2, 0.25) is 15.7 Å². The zero-order chi connectivity index (χ0) is 39.7. The standard InChI is InChI=1S/C24H28N4O5S4.2C2HF3O2/c1-14-11-16(28-23(29)19(25)9-10-36(3,30)31)7-8-18(14)15-5-4-6-17(12-15)37(32,33)21-13-20(22(26)27)35-24(21)34-2;2*3-2(4,5)1(6)7/h4-8,11-13,19H,9-10,25H2,1-3H3,(H3,26,27)(H,28,29);2*(H,6,7). The summed E-state index contributed by atoms with van der Waals surface area (Å²) in [4.78, 5) is 30.8. The molecule has 0 radical (unpaired) electrons. The van der Waals surface area contributed by atoms with Crippen molar-refractivity contribution in [1.29, 1.82) is 5.41 Å². The highest BCUT2D eigenvalue weighted by atomic mass is 32.2. The number of nitrogens with two attached hydrogens (primary N) is 2. The number of alkyl halides is 6. The third-order valence-electron chi connectivity index (χ3n) is 5.98. The first-order chi connectivity index (χ1) is 23.1. The summed E-state index contributed by atoms with van der Waals surface area (Å²) in [6.45, 7) is 1.83. The number of carboxylic acid groups (broad SMARTS) is 2. The van der Waals surface area contributed by atoms with Gasteiger partial charge in [0, 0.05) is 11.9 Å². The van der Waals surface area contributed by atoms with Crippen LogP contribution in [0.15, 0.2) is 62.5 Å². The zero-order valence-corrected chi connectivity index (χ0v) is 29.7. The number of thioether (sulfide) groups is 1. The Kier molecular flexibility index (Phi) is 15.7. The third kappa shape index (κ3) is 14.2. The highest BCUT2D eigenvalue weighted by molar-refractivity contribution is 8.01. The van der Waals surface area contributed by atoms with Crippen molar-refractivity contribution >= 4 is 72.1 Å². The lowest BCUT2D eigenvalue weighted by atomic mass is 10.00. The number of amidine groups is 1. The second-order valence-corrected chi connectivity index (χ2v) is 16.4. The molecule has 0 saturated carbocycles. The number of aliphatic carboxylic acids is 2. The lowest BCUT2D eigenvalue weighted by Crippen LogP contribution is -2.37. The summed E-state index contributed by atoms with van der Waals surface area (Å²) in [5.74, 6) is -6.37. The number of aryl methyl sites for hydroxylation is 1. The van der Waals surface area contributed by atoms with Gasteiger partial charge in [-0.15, -0.1) is 23.1 Å². The Hall–Kier alpha value is -4.19. The fourth-order valence-corrected chi connectivity index (χ4v) is 8.13. The van der Waals surface area contributed by atoms with Crippen LogP contribution in [0.5, 0.6) is 0 Å². The zero-order valence-electron chi connectivity index (χ0n) is 26.4. The number of anilines is 1. The molecule has 3 aromatic rings. The van der Waals surface area contributed by atoms with Crippen molar-refractivity contribution in [2.45, 2.75) is 45.7 Å². The molecule has 23 heteroatoms. The molecule has 1 unspecified atom stereocenters. The molecule has 1 atom stereocenters. The fourth-order valence-electron chi connectivity index (χ4n) is 3.55. The number of benzene rings is 2. The van der Waals surface area contributed by atoms with E-state index in [0.29, 0.717) is 20.3 Å². The molecule has 0 aliphatic carbocycles. The normalized spacial score (nSPS) is 12.4. The van der Waals surface area contributed by atoms with Crippen LogP contribution in [-0.2, 0) is 34.1 Å². The molecule has 0 aliphatic rings. The van der Waals surface area contributed by atoms with Crippen LogP contribution in [0.4, 0.5) is 32.0 Å². The number of nitrogen functional groups attached to an aromatic ring is 1. The average Bonchev–Trinajstić information content (AvgIpc) is 3.45. The summed E-state index contributed by atoms with van der Waals surface area (Å²) in [6, 6.07) is 12.2. The largest absolute Gasteiger partial charge is 0.490 e. The fraction of sp³-hybridized carbons (Fsp3) is 0.286. The van der Waals surface area contributed by atoms with E-state index < -0.39 is 55.9 Å². The molecule has 0 fully saturated rings. The van der Waals surface area contributed by atoms with E-state index in [0.717, 1.165) is 17.4 Å². The highest BCUT2D eigenvalue weighted by Crippen LogP contribution is 2.38. The second-order valence-electron chi connectivity index (χ2n) is 10.1. The molecule has 0 aliphatic heterocycles. The van der Waals surface area contributed by atoms with Gasteiger partial charge in [-0.3, -0.25) is 10.2 Å². The van der Waals surface area contributed by atoms with Gasteiger partial charge in [-0.25, -0.2) is 26.4 Å².